The van der Waals surface area contributed by atoms with Crippen molar-refractivity contribution in [1.82, 2.24) is 5.32 Å². The summed E-state index contributed by atoms with van der Waals surface area (Å²) in [5, 5.41) is 14.2. The third-order valence-electron chi connectivity index (χ3n) is 4.13. The summed E-state index contributed by atoms with van der Waals surface area (Å²) >= 11 is 0. The third-order valence-corrected chi connectivity index (χ3v) is 4.13. The molecule has 2 aliphatic rings. The lowest BCUT2D eigenvalue weighted by molar-refractivity contribution is -0.274. The van der Waals surface area contributed by atoms with E-state index in [9.17, 15) is 18.3 Å². The number of hydrogen-bond donors (Lipinski definition) is 2. The van der Waals surface area contributed by atoms with Crippen molar-refractivity contribution < 1.29 is 23.0 Å². The lowest BCUT2D eigenvalue weighted by Crippen LogP contribution is -2.46. The van der Waals surface area contributed by atoms with E-state index < -0.39 is 12.0 Å². The summed E-state index contributed by atoms with van der Waals surface area (Å²) < 4.78 is 40.1. The van der Waals surface area contributed by atoms with Crippen LogP contribution in [0.4, 0.5) is 13.2 Å². The highest BCUT2D eigenvalue weighted by Gasteiger charge is 2.43. The van der Waals surface area contributed by atoms with Crippen LogP contribution in [0.1, 0.15) is 31.2 Å². The molecule has 1 aromatic carbocycles. The zero-order valence-electron chi connectivity index (χ0n) is 10.8. The molecule has 6 heteroatoms. The first kappa shape index (κ1) is 13.7. The second-order valence-electron chi connectivity index (χ2n) is 5.65. The molecule has 110 valence electrons. The molecule has 0 radical (unpaired) electrons. The SMILES string of the molecule is OC1(c2ccc(OC(F)(F)F)cc2)CC2CCC(C1)N2. The molecule has 0 aromatic heterocycles. The van der Waals surface area contributed by atoms with Crippen molar-refractivity contribution in [2.45, 2.75) is 49.7 Å². The molecule has 2 N–H and O–H groups in total. The van der Waals surface area contributed by atoms with E-state index in [1.165, 1.54) is 24.3 Å². The van der Waals surface area contributed by atoms with Gasteiger partial charge in [0.2, 0.25) is 0 Å². The van der Waals surface area contributed by atoms with E-state index >= 15 is 0 Å². The van der Waals surface area contributed by atoms with E-state index in [4.69, 9.17) is 0 Å². The molecule has 0 saturated carbocycles. The molecule has 3 nitrogen and oxygen atoms in total. The molecule has 2 unspecified atom stereocenters. The molecule has 0 aliphatic carbocycles. The Hall–Kier alpha value is -1.27. The summed E-state index contributed by atoms with van der Waals surface area (Å²) in [6.45, 7) is 0. The lowest BCUT2D eigenvalue weighted by atomic mass is 9.81. The topological polar surface area (TPSA) is 41.5 Å². The Balaban J connectivity index is 1.77. The minimum atomic E-state index is -4.69. The summed E-state index contributed by atoms with van der Waals surface area (Å²) in [5.41, 5.74) is -0.293. The molecule has 0 amide bonds. The number of fused-ring (bicyclic) bond motifs is 2. The van der Waals surface area contributed by atoms with Crippen LogP contribution in [0.15, 0.2) is 24.3 Å². The van der Waals surface area contributed by atoms with Gasteiger partial charge >= 0.3 is 6.36 Å². The van der Waals surface area contributed by atoms with E-state index in [1.54, 1.807) is 0 Å². The normalized spacial score (nSPS) is 33.2. The van der Waals surface area contributed by atoms with Crippen LogP contribution >= 0.6 is 0 Å². The third kappa shape index (κ3) is 2.76. The number of ether oxygens (including phenoxy) is 1. The molecule has 2 saturated heterocycles. The van der Waals surface area contributed by atoms with Gasteiger partial charge in [0.1, 0.15) is 5.75 Å². The number of benzene rings is 1. The summed E-state index contributed by atoms with van der Waals surface area (Å²) in [6.07, 6.45) is -1.40. The van der Waals surface area contributed by atoms with Crippen LogP contribution in [0, 0.1) is 0 Å². The quantitative estimate of drug-likeness (QED) is 0.878. The monoisotopic (exact) mass is 287 g/mol. The number of halogens is 3. The molecule has 2 atom stereocenters. The second-order valence-corrected chi connectivity index (χ2v) is 5.65. The maximum Gasteiger partial charge on any atom is 0.573 e. The fourth-order valence-electron chi connectivity index (χ4n) is 3.33. The molecular weight excluding hydrogens is 271 g/mol. The molecule has 2 heterocycles. The summed E-state index contributed by atoms with van der Waals surface area (Å²) in [6, 6.07) is 6.14. The smallest absolute Gasteiger partial charge is 0.406 e. The maximum atomic E-state index is 12.1. The van der Waals surface area contributed by atoms with Crippen LogP contribution in [-0.4, -0.2) is 23.6 Å². The number of aliphatic hydroxyl groups is 1. The molecular formula is C14H16F3NO2. The van der Waals surface area contributed by atoms with Gasteiger partial charge in [0, 0.05) is 12.1 Å². The average molecular weight is 287 g/mol. The molecule has 3 rings (SSSR count). The van der Waals surface area contributed by atoms with Gasteiger partial charge in [-0.1, -0.05) is 12.1 Å². The maximum absolute atomic E-state index is 12.1. The van der Waals surface area contributed by atoms with Gasteiger partial charge in [-0.25, -0.2) is 0 Å². The minimum Gasteiger partial charge on any atom is -0.406 e. The zero-order chi connectivity index (χ0) is 14.4. The first-order valence-electron chi connectivity index (χ1n) is 6.69. The fraction of sp³-hybridized carbons (Fsp3) is 0.571. The van der Waals surface area contributed by atoms with Crippen molar-refractivity contribution >= 4 is 0 Å². The van der Waals surface area contributed by atoms with Gasteiger partial charge in [0.15, 0.2) is 0 Å². The van der Waals surface area contributed by atoms with Crippen molar-refractivity contribution in [1.29, 1.82) is 0 Å². The first-order chi connectivity index (χ1) is 9.34. The molecule has 20 heavy (non-hydrogen) atoms. The van der Waals surface area contributed by atoms with Crippen molar-refractivity contribution in [3.63, 3.8) is 0 Å². The Morgan fingerprint density at radius 1 is 1.10 bits per heavy atom. The highest BCUT2D eigenvalue weighted by Crippen LogP contribution is 2.41. The molecule has 2 bridgehead atoms. The van der Waals surface area contributed by atoms with Gasteiger partial charge in [-0.3, -0.25) is 0 Å². The predicted octanol–water partition coefficient (Wildman–Crippen LogP) is 2.69. The number of nitrogens with one attached hydrogen (secondary N) is 1. The van der Waals surface area contributed by atoms with Gasteiger partial charge in [0.05, 0.1) is 5.60 Å². The Morgan fingerprint density at radius 2 is 1.65 bits per heavy atom. The minimum absolute atomic E-state index is 0.262. The summed E-state index contributed by atoms with van der Waals surface area (Å²) in [7, 11) is 0. The number of piperidine rings is 1. The average Bonchev–Trinajstić information content (AvgIpc) is 2.68. The van der Waals surface area contributed by atoms with Gasteiger partial charge in [-0.2, -0.15) is 0 Å². The highest BCUT2D eigenvalue weighted by atomic mass is 19.4. The van der Waals surface area contributed by atoms with E-state index in [0.29, 0.717) is 30.5 Å². The summed E-state index contributed by atoms with van der Waals surface area (Å²) in [5.74, 6) is -0.262. The molecule has 0 spiro atoms. The van der Waals surface area contributed by atoms with E-state index in [1.807, 2.05) is 0 Å². The standard InChI is InChI=1S/C14H16F3NO2/c15-14(16,17)20-12-5-1-9(2-6-12)13(19)7-10-3-4-11(8-13)18-10/h1-2,5-6,10-11,18-19H,3-4,7-8H2. The molecule has 1 aromatic rings. The highest BCUT2D eigenvalue weighted by molar-refractivity contribution is 5.32. The van der Waals surface area contributed by atoms with E-state index in [2.05, 4.69) is 10.1 Å². The van der Waals surface area contributed by atoms with Gasteiger partial charge in [0.25, 0.3) is 0 Å². The van der Waals surface area contributed by atoms with Crippen molar-refractivity contribution in [3.8, 4) is 5.75 Å². The lowest BCUT2D eigenvalue weighted by Gasteiger charge is -2.37. The number of hydrogen-bond acceptors (Lipinski definition) is 3. The van der Waals surface area contributed by atoms with Crippen LogP contribution < -0.4 is 10.1 Å². The Bertz CT molecular complexity index is 474. The van der Waals surface area contributed by atoms with Crippen molar-refractivity contribution in [3.05, 3.63) is 29.8 Å². The van der Waals surface area contributed by atoms with Crippen molar-refractivity contribution in [2.24, 2.45) is 0 Å². The Kier molecular flexibility index (Phi) is 3.17. The van der Waals surface area contributed by atoms with Crippen LogP contribution in [0.25, 0.3) is 0 Å². The second kappa shape index (κ2) is 4.63. The van der Waals surface area contributed by atoms with Gasteiger partial charge in [-0.05, 0) is 43.4 Å². The number of alkyl halides is 3. The Labute approximate surface area is 114 Å². The van der Waals surface area contributed by atoms with Gasteiger partial charge < -0.3 is 15.2 Å². The first-order valence-corrected chi connectivity index (χ1v) is 6.69. The van der Waals surface area contributed by atoms with E-state index in [0.717, 1.165) is 12.8 Å². The van der Waals surface area contributed by atoms with E-state index in [-0.39, 0.29) is 5.75 Å². The van der Waals surface area contributed by atoms with Crippen LogP contribution in [0.2, 0.25) is 0 Å². The number of rotatable bonds is 2. The van der Waals surface area contributed by atoms with Crippen LogP contribution in [-0.2, 0) is 5.60 Å². The predicted molar refractivity (Wildman–Crippen MR) is 66.2 cm³/mol. The molecule has 2 fully saturated rings. The van der Waals surface area contributed by atoms with Crippen LogP contribution in [0.5, 0.6) is 5.75 Å². The largest absolute Gasteiger partial charge is 0.573 e. The Morgan fingerprint density at radius 3 is 2.15 bits per heavy atom. The van der Waals surface area contributed by atoms with Crippen LogP contribution in [0.3, 0.4) is 0 Å². The fourth-order valence-corrected chi connectivity index (χ4v) is 3.33. The molecule has 2 aliphatic heterocycles. The zero-order valence-corrected chi connectivity index (χ0v) is 10.8. The van der Waals surface area contributed by atoms with Crippen molar-refractivity contribution in [2.75, 3.05) is 0 Å². The van der Waals surface area contributed by atoms with Gasteiger partial charge in [-0.15, -0.1) is 13.2 Å². The summed E-state index contributed by atoms with van der Waals surface area (Å²) in [4.78, 5) is 0.